The number of anilines is 1. The van der Waals surface area contributed by atoms with Gasteiger partial charge in [-0.25, -0.2) is 0 Å². The number of rotatable bonds is 7. The number of carbonyl (C=O) groups is 2. The third kappa shape index (κ3) is 5.23. The van der Waals surface area contributed by atoms with Gasteiger partial charge in [-0.1, -0.05) is 50.2 Å². The summed E-state index contributed by atoms with van der Waals surface area (Å²) in [6.07, 6.45) is 1.80. The van der Waals surface area contributed by atoms with Crippen LogP contribution in [0.4, 0.5) is 5.69 Å². The monoisotopic (exact) mass is 325 g/mol. The fraction of sp³-hybridized carbons (Fsp3) is 0.300. The zero-order valence-electron chi connectivity index (χ0n) is 14.1. The first kappa shape index (κ1) is 17.7. The van der Waals surface area contributed by atoms with Gasteiger partial charge in [-0.05, 0) is 41.7 Å². The van der Waals surface area contributed by atoms with E-state index in [1.807, 2.05) is 48.5 Å². The summed E-state index contributed by atoms with van der Waals surface area (Å²) in [5, 5.41) is 11.8. The molecule has 2 N–H and O–H groups in total. The van der Waals surface area contributed by atoms with Crippen LogP contribution in [0.5, 0.6) is 0 Å². The lowest BCUT2D eigenvalue weighted by Gasteiger charge is -2.09. The highest BCUT2D eigenvalue weighted by Gasteiger charge is 2.11. The largest absolute Gasteiger partial charge is 0.481 e. The summed E-state index contributed by atoms with van der Waals surface area (Å²) in [4.78, 5) is 23.0. The molecule has 0 heterocycles. The second-order valence-corrected chi connectivity index (χ2v) is 6.04. The highest BCUT2D eigenvalue weighted by molar-refractivity contribution is 5.92. The van der Waals surface area contributed by atoms with Crippen LogP contribution in [0.25, 0.3) is 0 Å². The summed E-state index contributed by atoms with van der Waals surface area (Å²) in [6.45, 7) is 3.78. The fourth-order valence-corrected chi connectivity index (χ4v) is 2.45. The zero-order valence-corrected chi connectivity index (χ0v) is 14.1. The van der Waals surface area contributed by atoms with Crippen molar-refractivity contribution in [1.29, 1.82) is 0 Å². The molecule has 0 radical (unpaired) electrons. The van der Waals surface area contributed by atoms with E-state index in [0.29, 0.717) is 12.8 Å². The van der Waals surface area contributed by atoms with E-state index in [-0.39, 0.29) is 5.91 Å². The van der Waals surface area contributed by atoms with Gasteiger partial charge in [0.2, 0.25) is 5.91 Å². The standard InChI is InChI=1S/C20H23NO3/c1-3-15-4-6-17(7-5-15)13-19(22)21-18-10-8-16(9-11-18)12-14(2)20(23)24/h4-11,14H,3,12-13H2,1-2H3,(H,21,22)(H,23,24). The minimum atomic E-state index is -0.804. The molecule has 1 atom stereocenters. The predicted octanol–water partition coefficient (Wildman–Crippen LogP) is 3.69. The van der Waals surface area contributed by atoms with Crippen LogP contribution in [-0.4, -0.2) is 17.0 Å². The summed E-state index contributed by atoms with van der Waals surface area (Å²) >= 11 is 0. The lowest BCUT2D eigenvalue weighted by atomic mass is 10.0. The van der Waals surface area contributed by atoms with Gasteiger partial charge in [0, 0.05) is 5.69 Å². The molecule has 0 saturated heterocycles. The SMILES string of the molecule is CCc1ccc(CC(=O)Nc2ccc(CC(C)C(=O)O)cc2)cc1. The zero-order chi connectivity index (χ0) is 17.5. The summed E-state index contributed by atoms with van der Waals surface area (Å²) in [5.41, 5.74) is 3.90. The molecule has 1 unspecified atom stereocenters. The predicted molar refractivity (Wildman–Crippen MR) is 95.1 cm³/mol. The summed E-state index contributed by atoms with van der Waals surface area (Å²) in [7, 11) is 0. The summed E-state index contributed by atoms with van der Waals surface area (Å²) in [5.74, 6) is -1.29. The molecule has 2 aromatic rings. The Hall–Kier alpha value is -2.62. The molecule has 2 rings (SSSR count). The van der Waals surface area contributed by atoms with Gasteiger partial charge in [-0.15, -0.1) is 0 Å². The van der Waals surface area contributed by atoms with Crippen LogP contribution in [0, 0.1) is 5.92 Å². The van der Waals surface area contributed by atoms with Gasteiger partial charge >= 0.3 is 5.97 Å². The second-order valence-electron chi connectivity index (χ2n) is 6.04. The normalized spacial score (nSPS) is 11.8. The number of aryl methyl sites for hydroxylation is 1. The highest BCUT2D eigenvalue weighted by atomic mass is 16.4. The Labute approximate surface area is 142 Å². The minimum Gasteiger partial charge on any atom is -0.481 e. The van der Waals surface area contributed by atoms with Gasteiger partial charge in [-0.2, -0.15) is 0 Å². The molecule has 0 aliphatic rings. The first-order chi connectivity index (χ1) is 11.5. The quantitative estimate of drug-likeness (QED) is 0.816. The molecule has 0 spiro atoms. The van der Waals surface area contributed by atoms with Crippen molar-refractivity contribution >= 4 is 17.6 Å². The van der Waals surface area contributed by atoms with Crippen molar-refractivity contribution in [2.45, 2.75) is 33.1 Å². The molecule has 4 nitrogen and oxygen atoms in total. The smallest absolute Gasteiger partial charge is 0.306 e. The molecule has 2 aromatic carbocycles. The van der Waals surface area contributed by atoms with Crippen LogP contribution in [0.1, 0.15) is 30.5 Å². The summed E-state index contributed by atoms with van der Waals surface area (Å²) < 4.78 is 0. The van der Waals surface area contributed by atoms with Crippen LogP contribution in [0.3, 0.4) is 0 Å². The number of amides is 1. The van der Waals surface area contributed by atoms with Crippen LogP contribution in [-0.2, 0) is 28.9 Å². The van der Waals surface area contributed by atoms with E-state index in [9.17, 15) is 9.59 Å². The van der Waals surface area contributed by atoms with E-state index in [2.05, 4.69) is 12.2 Å². The molecule has 0 aliphatic heterocycles. The van der Waals surface area contributed by atoms with Crippen LogP contribution in [0.2, 0.25) is 0 Å². The third-order valence-corrected chi connectivity index (χ3v) is 4.00. The lowest BCUT2D eigenvalue weighted by molar-refractivity contribution is -0.141. The van der Waals surface area contributed by atoms with E-state index in [1.165, 1.54) is 5.56 Å². The van der Waals surface area contributed by atoms with Crippen molar-refractivity contribution in [3.05, 3.63) is 65.2 Å². The Morgan fingerprint density at radius 1 is 0.958 bits per heavy atom. The van der Waals surface area contributed by atoms with Gasteiger partial charge in [-0.3, -0.25) is 9.59 Å². The van der Waals surface area contributed by atoms with E-state index in [4.69, 9.17) is 5.11 Å². The van der Waals surface area contributed by atoms with Gasteiger partial charge in [0.1, 0.15) is 0 Å². The number of benzene rings is 2. The number of hydrogen-bond acceptors (Lipinski definition) is 2. The Morgan fingerprint density at radius 2 is 1.50 bits per heavy atom. The van der Waals surface area contributed by atoms with Gasteiger partial charge in [0.25, 0.3) is 0 Å². The van der Waals surface area contributed by atoms with Gasteiger partial charge < -0.3 is 10.4 Å². The number of carboxylic acid groups (broad SMARTS) is 1. The highest BCUT2D eigenvalue weighted by Crippen LogP contribution is 2.14. The van der Waals surface area contributed by atoms with Gasteiger partial charge in [0.05, 0.1) is 12.3 Å². The molecule has 0 saturated carbocycles. The lowest BCUT2D eigenvalue weighted by Crippen LogP contribution is -2.15. The third-order valence-electron chi connectivity index (χ3n) is 4.00. The van der Waals surface area contributed by atoms with Crippen molar-refractivity contribution in [1.82, 2.24) is 0 Å². The Balaban J connectivity index is 1.90. The van der Waals surface area contributed by atoms with Gasteiger partial charge in [0.15, 0.2) is 0 Å². The second kappa shape index (κ2) is 8.29. The maximum atomic E-state index is 12.1. The van der Waals surface area contributed by atoms with E-state index in [0.717, 1.165) is 23.2 Å². The molecule has 0 fully saturated rings. The molecular formula is C20H23NO3. The van der Waals surface area contributed by atoms with Crippen LogP contribution < -0.4 is 5.32 Å². The van der Waals surface area contributed by atoms with Crippen molar-refractivity contribution in [2.75, 3.05) is 5.32 Å². The molecule has 0 bridgehead atoms. The Kier molecular flexibility index (Phi) is 6.13. The van der Waals surface area contributed by atoms with Crippen molar-refractivity contribution in [3.63, 3.8) is 0 Å². The number of nitrogens with one attached hydrogen (secondary N) is 1. The Bertz CT molecular complexity index is 690. The van der Waals surface area contributed by atoms with Crippen LogP contribution in [0.15, 0.2) is 48.5 Å². The fourth-order valence-electron chi connectivity index (χ4n) is 2.45. The maximum Gasteiger partial charge on any atom is 0.306 e. The molecule has 1 amide bonds. The molecule has 0 aromatic heterocycles. The molecule has 0 aliphatic carbocycles. The average molecular weight is 325 g/mol. The minimum absolute atomic E-state index is 0.0640. The molecule has 24 heavy (non-hydrogen) atoms. The molecule has 126 valence electrons. The number of aliphatic carboxylic acids is 1. The van der Waals surface area contributed by atoms with Crippen molar-refractivity contribution < 1.29 is 14.7 Å². The Morgan fingerprint density at radius 3 is 2.04 bits per heavy atom. The average Bonchev–Trinajstić information content (AvgIpc) is 2.57. The van der Waals surface area contributed by atoms with Crippen LogP contribution >= 0.6 is 0 Å². The molecular weight excluding hydrogens is 302 g/mol. The summed E-state index contributed by atoms with van der Waals surface area (Å²) in [6, 6.07) is 15.4. The number of carbonyl (C=O) groups excluding carboxylic acids is 1. The first-order valence-electron chi connectivity index (χ1n) is 8.17. The van der Waals surface area contributed by atoms with Crippen molar-refractivity contribution in [2.24, 2.45) is 5.92 Å². The molecule has 4 heteroatoms. The van der Waals surface area contributed by atoms with E-state index >= 15 is 0 Å². The number of carboxylic acids is 1. The van der Waals surface area contributed by atoms with E-state index < -0.39 is 11.9 Å². The maximum absolute atomic E-state index is 12.1. The van der Waals surface area contributed by atoms with Crippen molar-refractivity contribution in [3.8, 4) is 0 Å². The number of hydrogen-bond donors (Lipinski definition) is 2. The van der Waals surface area contributed by atoms with E-state index in [1.54, 1.807) is 6.92 Å². The topological polar surface area (TPSA) is 66.4 Å². The first-order valence-corrected chi connectivity index (χ1v) is 8.17.